The van der Waals surface area contributed by atoms with E-state index in [4.69, 9.17) is 8.85 Å². The maximum absolute atomic E-state index is 5.97. The first kappa shape index (κ1) is 15.2. The van der Waals surface area contributed by atoms with E-state index in [1.165, 1.54) is 19.3 Å². The highest BCUT2D eigenvalue weighted by molar-refractivity contribution is 6.67. The summed E-state index contributed by atoms with van der Waals surface area (Å²) in [6, 6.07) is 1.12. The fourth-order valence-electron chi connectivity index (χ4n) is 3.30. The van der Waals surface area contributed by atoms with Crippen molar-refractivity contribution >= 4 is 8.72 Å². The van der Waals surface area contributed by atoms with E-state index in [9.17, 15) is 0 Å². The van der Waals surface area contributed by atoms with Gasteiger partial charge in [-0.15, -0.1) is 0 Å². The van der Waals surface area contributed by atoms with Gasteiger partial charge < -0.3 is 8.85 Å². The van der Waals surface area contributed by atoms with Crippen LogP contribution in [0.1, 0.15) is 53.9 Å². The molecule has 1 rings (SSSR count). The molecular weight excluding hydrogens is 230 g/mol. The number of hydrogen-bond donors (Lipinski definition) is 0. The smallest absolute Gasteiger partial charge is 0.386 e. The van der Waals surface area contributed by atoms with Crippen molar-refractivity contribution in [3.05, 3.63) is 0 Å². The Morgan fingerprint density at radius 1 is 1.00 bits per heavy atom. The molecule has 0 aromatic rings. The molecule has 2 atom stereocenters. The van der Waals surface area contributed by atoms with Crippen LogP contribution in [0.15, 0.2) is 0 Å². The highest BCUT2D eigenvalue weighted by Crippen LogP contribution is 2.43. The molecule has 0 spiro atoms. The lowest BCUT2D eigenvalue weighted by molar-refractivity contribution is 0.0716. The normalized spacial score (nSPS) is 28.4. The molecule has 17 heavy (non-hydrogen) atoms. The Labute approximate surface area is 108 Å². The van der Waals surface area contributed by atoms with E-state index in [1.807, 2.05) is 14.2 Å². The van der Waals surface area contributed by atoms with Gasteiger partial charge in [0.15, 0.2) is 0 Å². The van der Waals surface area contributed by atoms with Gasteiger partial charge in [0.25, 0.3) is 0 Å². The largest absolute Gasteiger partial charge is 0.433 e. The van der Waals surface area contributed by atoms with Crippen LogP contribution in [0.4, 0.5) is 0 Å². The van der Waals surface area contributed by atoms with Crippen LogP contribution in [0, 0.1) is 0 Å². The summed E-state index contributed by atoms with van der Waals surface area (Å²) in [5.74, 6) is 0. The zero-order valence-corrected chi connectivity index (χ0v) is 13.5. The van der Waals surface area contributed by atoms with Gasteiger partial charge in [-0.3, -0.25) is 4.57 Å². The van der Waals surface area contributed by atoms with E-state index in [0.29, 0.717) is 12.1 Å². The van der Waals surface area contributed by atoms with Crippen LogP contribution in [0.2, 0.25) is 5.04 Å². The summed E-state index contributed by atoms with van der Waals surface area (Å²) >= 11 is 0. The molecule has 102 valence electrons. The number of piperidine rings is 1. The first-order chi connectivity index (χ1) is 7.80. The van der Waals surface area contributed by atoms with Crippen LogP contribution < -0.4 is 0 Å². The summed E-state index contributed by atoms with van der Waals surface area (Å²) in [4.78, 5) is 0. The topological polar surface area (TPSA) is 21.7 Å². The molecule has 1 aliphatic heterocycles. The van der Waals surface area contributed by atoms with Gasteiger partial charge in [-0.1, -0.05) is 27.2 Å². The van der Waals surface area contributed by atoms with Crippen molar-refractivity contribution in [3.8, 4) is 0 Å². The highest BCUT2D eigenvalue weighted by Gasteiger charge is 2.57. The predicted molar refractivity (Wildman–Crippen MR) is 74.1 cm³/mol. The molecule has 4 heteroatoms. The minimum Gasteiger partial charge on any atom is -0.386 e. The first-order valence-corrected chi connectivity index (χ1v) is 8.45. The number of hydrogen-bond acceptors (Lipinski definition) is 3. The third kappa shape index (κ3) is 2.60. The van der Waals surface area contributed by atoms with Crippen molar-refractivity contribution in [1.82, 2.24) is 4.57 Å². The molecule has 1 heterocycles. The molecule has 0 aliphatic carbocycles. The molecule has 1 saturated heterocycles. The quantitative estimate of drug-likeness (QED) is 0.726. The van der Waals surface area contributed by atoms with Gasteiger partial charge in [-0.25, -0.2) is 0 Å². The second-order valence-electron chi connectivity index (χ2n) is 6.28. The van der Waals surface area contributed by atoms with Crippen molar-refractivity contribution in [2.45, 2.75) is 71.0 Å². The monoisotopic (exact) mass is 259 g/mol. The van der Waals surface area contributed by atoms with Crippen LogP contribution in [0.3, 0.4) is 0 Å². The van der Waals surface area contributed by atoms with Gasteiger partial charge >= 0.3 is 8.72 Å². The summed E-state index contributed by atoms with van der Waals surface area (Å²) in [7, 11) is 1.29. The molecule has 1 aliphatic rings. The molecule has 1 fully saturated rings. The summed E-state index contributed by atoms with van der Waals surface area (Å²) in [6.45, 7) is 11.3. The average molecular weight is 259 g/mol. The fraction of sp³-hybridized carbons (Fsp3) is 1.00. The third-order valence-electron chi connectivity index (χ3n) is 4.03. The first-order valence-electron chi connectivity index (χ1n) is 6.69. The summed E-state index contributed by atoms with van der Waals surface area (Å²) < 4.78 is 14.5. The zero-order valence-electron chi connectivity index (χ0n) is 12.5. The maximum Gasteiger partial charge on any atom is 0.433 e. The standard InChI is InChI=1S/C13H29NO2Si/c1-11-9-8-10-12(2)14(11)17(15-6,16-7)13(3,4)5/h11-12H,8-10H2,1-7H3. The van der Waals surface area contributed by atoms with Gasteiger partial charge in [0.05, 0.1) is 0 Å². The zero-order chi connectivity index (χ0) is 13.3. The van der Waals surface area contributed by atoms with Gasteiger partial charge in [-0.2, -0.15) is 0 Å². The predicted octanol–water partition coefficient (Wildman–Crippen LogP) is 3.28. The Kier molecular flexibility index (Phi) is 4.80. The molecular formula is C13H29NO2Si. The molecule has 2 unspecified atom stereocenters. The van der Waals surface area contributed by atoms with E-state index in [-0.39, 0.29) is 5.04 Å². The van der Waals surface area contributed by atoms with Crippen molar-refractivity contribution in [3.63, 3.8) is 0 Å². The Morgan fingerprint density at radius 3 is 1.71 bits per heavy atom. The highest BCUT2D eigenvalue weighted by atomic mass is 28.4. The van der Waals surface area contributed by atoms with E-state index < -0.39 is 8.72 Å². The molecule has 0 radical (unpaired) electrons. The average Bonchev–Trinajstić information content (AvgIpc) is 2.22. The second kappa shape index (κ2) is 5.39. The molecule has 3 nitrogen and oxygen atoms in total. The second-order valence-corrected chi connectivity index (χ2v) is 10.3. The Balaban J connectivity index is 3.12. The van der Waals surface area contributed by atoms with Gasteiger partial charge in [0.1, 0.15) is 0 Å². The summed E-state index contributed by atoms with van der Waals surface area (Å²) in [6.07, 6.45) is 3.82. The molecule has 0 saturated carbocycles. The lowest BCUT2D eigenvalue weighted by Crippen LogP contribution is -2.69. The lowest BCUT2D eigenvalue weighted by Gasteiger charge is -2.52. The molecule has 0 aromatic heterocycles. The molecule has 0 aromatic carbocycles. The van der Waals surface area contributed by atoms with E-state index >= 15 is 0 Å². The van der Waals surface area contributed by atoms with E-state index in [1.54, 1.807) is 0 Å². The number of rotatable bonds is 3. The summed E-state index contributed by atoms with van der Waals surface area (Å²) in [5.41, 5.74) is 0. The van der Waals surface area contributed by atoms with Crippen LogP contribution in [-0.2, 0) is 8.85 Å². The Morgan fingerprint density at radius 2 is 1.41 bits per heavy atom. The van der Waals surface area contributed by atoms with Crippen molar-refractivity contribution < 1.29 is 8.85 Å². The van der Waals surface area contributed by atoms with Crippen LogP contribution in [-0.4, -0.2) is 39.6 Å². The Bertz CT molecular complexity index is 238. The molecule has 0 amide bonds. The SMILES string of the molecule is CO[Si](OC)(N1C(C)CCCC1C)C(C)(C)C. The van der Waals surface area contributed by atoms with Crippen molar-refractivity contribution in [2.75, 3.05) is 14.2 Å². The van der Waals surface area contributed by atoms with Gasteiger partial charge in [0, 0.05) is 31.3 Å². The van der Waals surface area contributed by atoms with Crippen molar-refractivity contribution in [2.24, 2.45) is 0 Å². The van der Waals surface area contributed by atoms with Crippen LogP contribution in [0.25, 0.3) is 0 Å². The maximum atomic E-state index is 5.97. The van der Waals surface area contributed by atoms with Gasteiger partial charge in [0.2, 0.25) is 0 Å². The van der Waals surface area contributed by atoms with E-state index in [0.717, 1.165) is 0 Å². The minimum absolute atomic E-state index is 0.0519. The minimum atomic E-state index is -2.34. The van der Waals surface area contributed by atoms with Crippen LogP contribution >= 0.6 is 0 Å². The number of nitrogens with zero attached hydrogens (tertiary/aromatic N) is 1. The van der Waals surface area contributed by atoms with E-state index in [2.05, 4.69) is 39.2 Å². The molecule has 0 bridgehead atoms. The Hall–Kier alpha value is 0.0969. The lowest BCUT2D eigenvalue weighted by atomic mass is 10.0. The third-order valence-corrected chi connectivity index (χ3v) is 8.60. The van der Waals surface area contributed by atoms with Gasteiger partial charge in [-0.05, 0) is 26.7 Å². The fourth-order valence-corrected chi connectivity index (χ4v) is 7.30. The van der Waals surface area contributed by atoms with Crippen LogP contribution in [0.5, 0.6) is 0 Å². The van der Waals surface area contributed by atoms with Crippen molar-refractivity contribution in [1.29, 1.82) is 0 Å². The summed E-state index contributed by atoms with van der Waals surface area (Å²) in [5, 5.41) is 0.0519. The molecule has 0 N–H and O–H groups in total.